The molecule has 0 aliphatic carbocycles. The lowest BCUT2D eigenvalue weighted by atomic mass is 9.99. The zero-order valence-corrected chi connectivity index (χ0v) is 17.7. The molecule has 0 N–H and O–H groups in total. The van der Waals surface area contributed by atoms with Crippen LogP contribution >= 0.6 is 10.9 Å². The summed E-state index contributed by atoms with van der Waals surface area (Å²) < 4.78 is 50.3. The molecule has 5 heteroatoms. The van der Waals surface area contributed by atoms with Gasteiger partial charge in [0.15, 0.2) is 11.6 Å². The minimum Gasteiger partial charge on any atom is -0.490 e. The van der Waals surface area contributed by atoms with E-state index in [0.29, 0.717) is 17.9 Å². The first-order valence-electron chi connectivity index (χ1n) is 10.1. The molecule has 0 spiro atoms. The summed E-state index contributed by atoms with van der Waals surface area (Å²) >= 11 is 0. The molecule has 156 valence electrons. The molecule has 1 heterocycles. The summed E-state index contributed by atoms with van der Waals surface area (Å²) in [6.45, 7) is 4.30. The fraction of sp³-hybridized carbons (Fsp3) is 0.333. The van der Waals surface area contributed by atoms with Gasteiger partial charge in [0.1, 0.15) is 5.82 Å². The van der Waals surface area contributed by atoms with Gasteiger partial charge in [-0.2, -0.15) is 15.3 Å². The van der Waals surface area contributed by atoms with Gasteiger partial charge in [0.2, 0.25) is 5.82 Å². The summed E-state index contributed by atoms with van der Waals surface area (Å²) in [7, 11) is -0.991. The highest BCUT2D eigenvalue weighted by molar-refractivity contribution is 8.22. The molecule has 1 nitrogen and oxygen atoms in total. The fourth-order valence-corrected chi connectivity index (χ4v) is 5.09. The van der Waals surface area contributed by atoms with E-state index in [-0.39, 0.29) is 16.9 Å². The number of rotatable bonds is 9. The molecule has 0 fully saturated rings. The highest BCUT2D eigenvalue weighted by Gasteiger charge is 2.25. The zero-order chi connectivity index (χ0) is 20.8. The minimum absolute atomic E-state index is 0.00809. The molecule has 0 bridgehead atoms. The maximum atomic E-state index is 15.2. The molecule has 0 aromatic heterocycles. The molecule has 0 atom stereocenters. The second-order valence-corrected chi connectivity index (χ2v) is 9.00. The number of ether oxygens (including phenoxy) is 1. The van der Waals surface area contributed by atoms with Crippen molar-refractivity contribution in [1.82, 2.24) is 0 Å². The van der Waals surface area contributed by atoms with Crippen LogP contribution < -0.4 is 4.74 Å². The fourth-order valence-electron chi connectivity index (χ4n) is 3.36. The second-order valence-electron chi connectivity index (χ2n) is 7.11. The molecule has 29 heavy (non-hydrogen) atoms. The quantitative estimate of drug-likeness (QED) is 0.323. The maximum absolute atomic E-state index is 15.2. The number of hydrogen-bond acceptors (Lipinski definition) is 1. The first-order valence-corrected chi connectivity index (χ1v) is 11.6. The summed E-state index contributed by atoms with van der Waals surface area (Å²) in [5.74, 6) is -2.76. The van der Waals surface area contributed by atoms with Crippen LogP contribution in [0.2, 0.25) is 0 Å². The Kier molecular flexibility index (Phi) is 7.48. The van der Waals surface area contributed by atoms with E-state index in [9.17, 15) is 8.78 Å². The van der Waals surface area contributed by atoms with Gasteiger partial charge in [-0.15, -0.1) is 0 Å². The third-order valence-corrected chi connectivity index (χ3v) is 6.76. The molecular weight excluding hydrogens is 393 g/mol. The number of benzene rings is 2. The van der Waals surface area contributed by atoms with Crippen molar-refractivity contribution in [3.8, 4) is 16.9 Å². The Bertz CT molecular complexity index is 909. The molecule has 3 rings (SSSR count). The summed E-state index contributed by atoms with van der Waals surface area (Å²) in [6.07, 6.45) is 8.35. The predicted octanol–water partition coefficient (Wildman–Crippen LogP) is 7.69. The lowest BCUT2D eigenvalue weighted by molar-refractivity contribution is 0.294. The van der Waals surface area contributed by atoms with Crippen molar-refractivity contribution >= 4 is 10.9 Å². The number of unbranched alkanes of at least 4 members (excludes halogenated alkanes) is 2. The van der Waals surface area contributed by atoms with Gasteiger partial charge in [0.25, 0.3) is 0 Å². The molecule has 1 aliphatic rings. The average molecular weight is 421 g/mol. The molecule has 2 aromatic carbocycles. The van der Waals surface area contributed by atoms with Gasteiger partial charge in [0.05, 0.1) is 6.61 Å². The van der Waals surface area contributed by atoms with E-state index in [1.165, 1.54) is 12.1 Å². The van der Waals surface area contributed by atoms with Crippen LogP contribution in [0.5, 0.6) is 5.75 Å². The summed E-state index contributed by atoms with van der Waals surface area (Å²) in [5.41, 5.74) is 0.955. The molecule has 0 radical (unpaired) electrons. The molecule has 0 amide bonds. The maximum Gasteiger partial charge on any atom is 0.201 e. The number of allylic oxidation sites excluding steroid dienone is 2. The third-order valence-electron chi connectivity index (χ3n) is 4.87. The lowest BCUT2D eigenvalue weighted by Gasteiger charge is -2.20. The molecule has 1 aliphatic heterocycles. The van der Waals surface area contributed by atoms with Crippen LogP contribution in [-0.4, -0.2) is 6.61 Å². The summed E-state index contributed by atoms with van der Waals surface area (Å²) in [6, 6.07) is 6.36. The Morgan fingerprint density at radius 2 is 1.66 bits per heavy atom. The van der Waals surface area contributed by atoms with Gasteiger partial charge in [0, 0.05) is 16.0 Å². The van der Waals surface area contributed by atoms with Crippen LogP contribution in [0.25, 0.3) is 11.1 Å². The summed E-state index contributed by atoms with van der Waals surface area (Å²) in [4.78, 5) is 0.563. The van der Waals surface area contributed by atoms with Crippen molar-refractivity contribution in [3.05, 3.63) is 70.2 Å². The van der Waals surface area contributed by atoms with Crippen LogP contribution in [0.3, 0.4) is 0 Å². The number of hydrogen-bond donors (Lipinski definition) is 1. The van der Waals surface area contributed by atoms with Crippen LogP contribution in [0.4, 0.5) is 13.2 Å². The first kappa shape index (κ1) is 21.6. The van der Waals surface area contributed by atoms with E-state index < -0.39 is 28.3 Å². The van der Waals surface area contributed by atoms with Crippen LogP contribution in [-0.2, 0) is 6.42 Å². The SMILES string of the molecule is CCCCCc1ccc(-c2c([SH]3C=CC=C3)cc(OCCC)c(F)c2F)c(F)c1. The van der Waals surface area contributed by atoms with E-state index >= 15 is 4.39 Å². The Morgan fingerprint density at radius 3 is 2.31 bits per heavy atom. The van der Waals surface area contributed by atoms with Gasteiger partial charge in [-0.1, -0.05) is 51.0 Å². The van der Waals surface area contributed by atoms with E-state index in [2.05, 4.69) is 6.92 Å². The van der Waals surface area contributed by atoms with Gasteiger partial charge in [-0.3, -0.25) is 0 Å². The standard InChI is InChI=1S/C24H27F3OS/c1-3-5-6-9-17-10-11-18(19(25)15-17)22-21(29-13-7-8-14-29)16-20(28-12-4-2)23(26)24(22)27/h7-8,10-11,13-16,29H,3-6,9,12H2,1-2H3. The minimum atomic E-state index is -1.06. The Hall–Kier alpha value is -2.14. The van der Waals surface area contributed by atoms with Crippen LogP contribution in [0, 0.1) is 17.5 Å². The highest BCUT2D eigenvalue weighted by atomic mass is 32.2. The van der Waals surface area contributed by atoms with Crippen molar-refractivity contribution in [2.45, 2.75) is 50.8 Å². The van der Waals surface area contributed by atoms with Gasteiger partial charge >= 0.3 is 0 Å². The first-order chi connectivity index (χ1) is 14.1. The molecule has 2 aromatic rings. The van der Waals surface area contributed by atoms with Crippen molar-refractivity contribution in [2.75, 3.05) is 6.61 Å². The smallest absolute Gasteiger partial charge is 0.201 e. The Morgan fingerprint density at radius 1 is 0.897 bits per heavy atom. The monoisotopic (exact) mass is 420 g/mol. The van der Waals surface area contributed by atoms with E-state index in [4.69, 9.17) is 4.74 Å². The summed E-state index contributed by atoms with van der Waals surface area (Å²) in [5, 5.41) is 3.87. The van der Waals surface area contributed by atoms with Gasteiger partial charge in [-0.25, -0.2) is 8.78 Å². The predicted molar refractivity (Wildman–Crippen MR) is 116 cm³/mol. The van der Waals surface area contributed by atoms with Crippen molar-refractivity contribution in [3.63, 3.8) is 0 Å². The number of aryl methyl sites for hydroxylation is 1. The van der Waals surface area contributed by atoms with E-state index in [1.807, 2.05) is 36.0 Å². The van der Waals surface area contributed by atoms with E-state index in [0.717, 1.165) is 31.2 Å². The topological polar surface area (TPSA) is 9.23 Å². The Labute approximate surface area is 173 Å². The van der Waals surface area contributed by atoms with E-state index in [1.54, 1.807) is 6.07 Å². The number of thiol groups is 1. The Balaban J connectivity index is 2.06. The van der Waals surface area contributed by atoms with Crippen molar-refractivity contribution in [2.24, 2.45) is 0 Å². The third kappa shape index (κ3) is 4.89. The second kappa shape index (κ2) is 10.1. The normalized spacial score (nSPS) is 14.0. The van der Waals surface area contributed by atoms with Crippen molar-refractivity contribution in [1.29, 1.82) is 0 Å². The van der Waals surface area contributed by atoms with Gasteiger partial charge < -0.3 is 4.74 Å². The molecule has 0 unspecified atom stereocenters. The van der Waals surface area contributed by atoms with Crippen LogP contribution in [0.15, 0.2) is 52.1 Å². The van der Waals surface area contributed by atoms with Crippen molar-refractivity contribution < 1.29 is 17.9 Å². The largest absolute Gasteiger partial charge is 0.490 e. The molecule has 0 saturated carbocycles. The molecular formula is C24H27F3OS. The van der Waals surface area contributed by atoms with Crippen LogP contribution in [0.1, 0.15) is 45.1 Å². The lowest BCUT2D eigenvalue weighted by Crippen LogP contribution is -2.03. The zero-order valence-electron chi connectivity index (χ0n) is 16.9. The number of halogens is 3. The molecule has 0 saturated heterocycles. The highest BCUT2D eigenvalue weighted by Crippen LogP contribution is 2.50. The average Bonchev–Trinajstić information content (AvgIpc) is 3.25. The van der Waals surface area contributed by atoms with Gasteiger partial charge in [-0.05, 0) is 47.8 Å².